The van der Waals surface area contributed by atoms with Gasteiger partial charge in [-0.2, -0.15) is 0 Å². The van der Waals surface area contributed by atoms with Crippen LogP contribution in [0.15, 0.2) is 18.5 Å². The summed E-state index contributed by atoms with van der Waals surface area (Å²) >= 11 is 0. The molecule has 0 radical (unpaired) electrons. The second-order valence-electron chi connectivity index (χ2n) is 5.02. The molecule has 6 nitrogen and oxygen atoms in total. The van der Waals surface area contributed by atoms with E-state index in [1.807, 2.05) is 6.07 Å². The average molecular weight is 280 g/mol. The van der Waals surface area contributed by atoms with E-state index in [0.717, 1.165) is 5.56 Å². The number of carbonyl (C=O) groups excluding carboxylic acids is 1. The van der Waals surface area contributed by atoms with Crippen LogP contribution in [0.2, 0.25) is 0 Å². The highest BCUT2D eigenvalue weighted by Crippen LogP contribution is 2.38. The minimum Gasteiger partial charge on any atom is -0.495 e. The van der Waals surface area contributed by atoms with Crippen LogP contribution in [0.4, 0.5) is 0 Å². The van der Waals surface area contributed by atoms with Crippen LogP contribution < -0.4 is 10.1 Å². The first-order valence-electron chi connectivity index (χ1n) is 6.59. The van der Waals surface area contributed by atoms with Crippen LogP contribution in [-0.4, -0.2) is 42.9 Å². The monoisotopic (exact) mass is 280 g/mol. The zero-order valence-electron chi connectivity index (χ0n) is 11.7. The third-order valence-corrected chi connectivity index (χ3v) is 3.54. The Bertz CT molecular complexity index is 460. The van der Waals surface area contributed by atoms with Crippen molar-refractivity contribution < 1.29 is 19.4 Å². The van der Waals surface area contributed by atoms with E-state index < -0.39 is 0 Å². The van der Waals surface area contributed by atoms with Crippen molar-refractivity contribution in [1.29, 1.82) is 0 Å². The van der Waals surface area contributed by atoms with Crippen LogP contribution in [0.5, 0.6) is 5.75 Å². The Morgan fingerprint density at radius 1 is 1.50 bits per heavy atom. The molecule has 2 N–H and O–H groups in total. The second-order valence-corrected chi connectivity index (χ2v) is 5.02. The molecule has 110 valence electrons. The van der Waals surface area contributed by atoms with E-state index in [2.05, 4.69) is 10.3 Å². The smallest absolute Gasteiger partial charge is 0.246 e. The molecule has 6 heteroatoms. The summed E-state index contributed by atoms with van der Waals surface area (Å²) in [5.41, 5.74) is 0.880. The van der Waals surface area contributed by atoms with E-state index >= 15 is 0 Å². The third-order valence-electron chi connectivity index (χ3n) is 3.54. The average Bonchev–Trinajstić information content (AvgIpc) is 2.42. The van der Waals surface area contributed by atoms with Gasteiger partial charge in [-0.25, -0.2) is 0 Å². The number of ether oxygens (including phenoxy) is 2. The zero-order valence-corrected chi connectivity index (χ0v) is 11.7. The maximum absolute atomic E-state index is 11.8. The van der Waals surface area contributed by atoms with Crippen LogP contribution in [0.3, 0.4) is 0 Å². The maximum Gasteiger partial charge on any atom is 0.246 e. The molecule has 1 aliphatic rings. The predicted octanol–water partition coefficient (Wildman–Crippen LogP) is 0.665. The minimum atomic E-state index is -0.277. The Kier molecular flexibility index (Phi) is 4.92. The summed E-state index contributed by atoms with van der Waals surface area (Å²) in [7, 11) is 3.06. The van der Waals surface area contributed by atoms with Gasteiger partial charge in [0.2, 0.25) is 5.91 Å². The number of hydrogen-bond donors (Lipinski definition) is 2. The summed E-state index contributed by atoms with van der Waals surface area (Å²) in [4.78, 5) is 15.9. The van der Waals surface area contributed by atoms with Crippen molar-refractivity contribution in [3.8, 4) is 5.75 Å². The Balaban J connectivity index is 2.14. The van der Waals surface area contributed by atoms with Crippen LogP contribution in [0.1, 0.15) is 24.4 Å². The quantitative estimate of drug-likeness (QED) is 0.800. The van der Waals surface area contributed by atoms with E-state index in [1.165, 1.54) is 7.11 Å². The molecule has 1 aromatic rings. The Morgan fingerprint density at radius 2 is 2.25 bits per heavy atom. The van der Waals surface area contributed by atoms with Gasteiger partial charge in [0, 0.05) is 13.3 Å². The van der Waals surface area contributed by atoms with Gasteiger partial charge in [0.25, 0.3) is 0 Å². The number of nitrogens with one attached hydrogen (secondary N) is 1. The van der Waals surface area contributed by atoms with E-state index in [1.54, 1.807) is 19.5 Å². The van der Waals surface area contributed by atoms with Crippen LogP contribution in [0.25, 0.3) is 0 Å². The lowest BCUT2D eigenvalue weighted by Gasteiger charge is -2.38. The number of pyridine rings is 1. The molecule has 0 spiro atoms. The summed E-state index contributed by atoms with van der Waals surface area (Å²) in [6.07, 6.45) is 4.41. The van der Waals surface area contributed by atoms with Gasteiger partial charge in [0.1, 0.15) is 12.4 Å². The summed E-state index contributed by atoms with van der Waals surface area (Å²) in [6.45, 7) is 0.0170. The third kappa shape index (κ3) is 3.46. The van der Waals surface area contributed by atoms with Crippen LogP contribution in [0, 0.1) is 5.92 Å². The van der Waals surface area contributed by atoms with Crippen molar-refractivity contribution in [2.24, 2.45) is 5.92 Å². The number of amides is 1. The summed E-state index contributed by atoms with van der Waals surface area (Å²) in [6, 6.07) is 1.68. The van der Waals surface area contributed by atoms with Gasteiger partial charge in [-0.1, -0.05) is 0 Å². The number of aliphatic hydroxyl groups is 1. The normalized spacial score (nSPS) is 22.8. The Morgan fingerprint density at radius 3 is 2.85 bits per heavy atom. The number of carbonyl (C=O) groups is 1. The Hall–Kier alpha value is -1.66. The summed E-state index contributed by atoms with van der Waals surface area (Å²) in [5, 5.41) is 12.4. The SMILES string of the molecule is COCC(=O)NC(c1cncc(OC)c1)C1CC(O)C1. The van der Waals surface area contributed by atoms with Crippen molar-refractivity contribution in [2.75, 3.05) is 20.8 Å². The highest BCUT2D eigenvalue weighted by Gasteiger charge is 2.35. The molecule has 2 rings (SSSR count). The molecular weight excluding hydrogens is 260 g/mol. The van der Waals surface area contributed by atoms with Crippen molar-refractivity contribution in [3.05, 3.63) is 24.0 Å². The van der Waals surface area contributed by atoms with Crippen LogP contribution >= 0.6 is 0 Å². The topological polar surface area (TPSA) is 80.7 Å². The maximum atomic E-state index is 11.8. The highest BCUT2D eigenvalue weighted by molar-refractivity contribution is 5.77. The van der Waals surface area contributed by atoms with E-state index in [-0.39, 0.29) is 30.6 Å². The van der Waals surface area contributed by atoms with E-state index in [4.69, 9.17) is 9.47 Å². The second kappa shape index (κ2) is 6.67. The predicted molar refractivity (Wildman–Crippen MR) is 72.3 cm³/mol. The van der Waals surface area contributed by atoms with Gasteiger partial charge in [-0.3, -0.25) is 9.78 Å². The van der Waals surface area contributed by atoms with Gasteiger partial charge >= 0.3 is 0 Å². The van der Waals surface area contributed by atoms with E-state index in [0.29, 0.717) is 18.6 Å². The highest BCUT2D eigenvalue weighted by atomic mass is 16.5. The zero-order chi connectivity index (χ0) is 14.5. The number of aliphatic hydroxyl groups excluding tert-OH is 1. The number of hydrogen-bond acceptors (Lipinski definition) is 5. The van der Waals surface area contributed by atoms with Gasteiger partial charge < -0.3 is 19.9 Å². The van der Waals surface area contributed by atoms with Crippen molar-refractivity contribution >= 4 is 5.91 Å². The summed E-state index contributed by atoms with van der Waals surface area (Å²) < 4.78 is 10.00. The molecule has 1 aliphatic carbocycles. The fourth-order valence-electron chi connectivity index (χ4n) is 2.44. The number of aromatic nitrogens is 1. The molecule has 20 heavy (non-hydrogen) atoms. The molecular formula is C14H20N2O4. The van der Waals surface area contributed by atoms with Gasteiger partial charge in [0.05, 0.1) is 25.5 Å². The number of methoxy groups -OCH3 is 2. The van der Waals surface area contributed by atoms with Gasteiger partial charge in [0.15, 0.2) is 0 Å². The molecule has 1 amide bonds. The van der Waals surface area contributed by atoms with Gasteiger partial charge in [-0.15, -0.1) is 0 Å². The van der Waals surface area contributed by atoms with Crippen molar-refractivity contribution in [1.82, 2.24) is 10.3 Å². The van der Waals surface area contributed by atoms with Crippen molar-refractivity contribution in [3.63, 3.8) is 0 Å². The lowest BCUT2D eigenvalue weighted by atomic mass is 9.75. The molecule has 1 aromatic heterocycles. The fourth-order valence-corrected chi connectivity index (χ4v) is 2.44. The first kappa shape index (κ1) is 14.7. The molecule has 0 saturated heterocycles. The standard InChI is InChI=1S/C14H20N2O4/c1-19-8-13(18)16-14(9-3-11(17)4-9)10-5-12(20-2)7-15-6-10/h5-7,9,11,14,17H,3-4,8H2,1-2H3,(H,16,18). The van der Waals surface area contributed by atoms with E-state index in [9.17, 15) is 9.90 Å². The minimum absolute atomic E-state index is 0.0170. The molecule has 1 unspecified atom stereocenters. The molecule has 1 heterocycles. The number of rotatable bonds is 6. The summed E-state index contributed by atoms with van der Waals surface area (Å²) in [5.74, 6) is 0.676. The molecule has 0 aliphatic heterocycles. The van der Waals surface area contributed by atoms with Crippen LogP contribution in [-0.2, 0) is 9.53 Å². The molecule has 1 fully saturated rings. The number of nitrogens with zero attached hydrogens (tertiary/aromatic N) is 1. The Labute approximate surface area is 118 Å². The first-order chi connectivity index (χ1) is 9.63. The first-order valence-corrected chi connectivity index (χ1v) is 6.59. The fraction of sp³-hybridized carbons (Fsp3) is 0.571. The molecule has 0 aromatic carbocycles. The lowest BCUT2D eigenvalue weighted by Crippen LogP contribution is -2.42. The van der Waals surface area contributed by atoms with Crippen molar-refractivity contribution in [2.45, 2.75) is 25.0 Å². The molecule has 0 bridgehead atoms. The molecule has 1 saturated carbocycles. The molecule has 1 atom stereocenters. The lowest BCUT2D eigenvalue weighted by molar-refractivity contribution is -0.126. The van der Waals surface area contributed by atoms with Gasteiger partial charge in [-0.05, 0) is 30.4 Å². The largest absolute Gasteiger partial charge is 0.495 e.